The van der Waals surface area contributed by atoms with Crippen molar-refractivity contribution in [1.29, 1.82) is 0 Å². The second-order valence-corrected chi connectivity index (χ2v) is 4.92. The van der Waals surface area contributed by atoms with Gasteiger partial charge in [-0.15, -0.1) is 0 Å². The Morgan fingerprint density at radius 2 is 1.68 bits per heavy atom. The molecule has 2 heteroatoms. The number of hydrogen-bond donors (Lipinski definition) is 0. The highest BCUT2D eigenvalue weighted by Crippen LogP contribution is 2.31. The lowest BCUT2D eigenvalue weighted by molar-refractivity contribution is 0.684. The highest BCUT2D eigenvalue weighted by atomic mass is 15.1. The first-order valence-corrected chi connectivity index (χ1v) is 6.63. The van der Waals surface area contributed by atoms with Gasteiger partial charge in [0.2, 0.25) is 0 Å². The molecule has 92 valence electrons. The van der Waals surface area contributed by atoms with E-state index in [1.165, 1.54) is 16.7 Å². The van der Waals surface area contributed by atoms with E-state index in [2.05, 4.69) is 59.3 Å². The monoisotopic (exact) mass is 246 g/mol. The molecule has 0 fully saturated rings. The van der Waals surface area contributed by atoms with Gasteiger partial charge in [0, 0.05) is 23.9 Å². The van der Waals surface area contributed by atoms with Crippen molar-refractivity contribution < 1.29 is 0 Å². The Bertz CT molecular complexity index is 726. The summed E-state index contributed by atoms with van der Waals surface area (Å²) >= 11 is 0. The van der Waals surface area contributed by atoms with Gasteiger partial charge in [0.15, 0.2) is 0 Å². The molecule has 0 bridgehead atoms. The van der Waals surface area contributed by atoms with Crippen LogP contribution in [0.3, 0.4) is 0 Å². The van der Waals surface area contributed by atoms with Crippen LogP contribution >= 0.6 is 0 Å². The molecule has 0 atom stereocenters. The Kier molecular flexibility index (Phi) is 2.27. The fourth-order valence-electron chi connectivity index (χ4n) is 2.75. The van der Waals surface area contributed by atoms with Crippen LogP contribution in [0.1, 0.15) is 5.56 Å². The van der Waals surface area contributed by atoms with Crippen molar-refractivity contribution in [3.63, 3.8) is 0 Å². The number of aromatic nitrogens is 2. The maximum Gasteiger partial charge on any atom is 0.140 e. The number of nitrogens with zero attached hydrogens (tertiary/aromatic N) is 2. The van der Waals surface area contributed by atoms with Crippen molar-refractivity contribution in [2.24, 2.45) is 0 Å². The zero-order valence-electron chi connectivity index (χ0n) is 10.6. The molecule has 0 N–H and O–H groups in total. The van der Waals surface area contributed by atoms with Crippen molar-refractivity contribution in [1.82, 2.24) is 9.55 Å². The minimum Gasteiger partial charge on any atom is -0.330 e. The minimum absolute atomic E-state index is 1.02. The van der Waals surface area contributed by atoms with Crippen LogP contribution in [0.15, 0.2) is 60.8 Å². The molecule has 1 aliphatic heterocycles. The Labute approximate surface area is 112 Å². The van der Waals surface area contributed by atoms with Crippen molar-refractivity contribution in [3.05, 3.63) is 66.4 Å². The molecule has 1 aromatic heterocycles. The third-order valence-electron chi connectivity index (χ3n) is 3.73. The van der Waals surface area contributed by atoms with Crippen LogP contribution < -0.4 is 0 Å². The normalized spacial score (nSPS) is 12.8. The summed E-state index contributed by atoms with van der Waals surface area (Å²) in [4.78, 5) is 4.83. The number of hydrogen-bond acceptors (Lipinski definition) is 1. The Hall–Kier alpha value is -2.35. The van der Waals surface area contributed by atoms with Crippen LogP contribution in [0.25, 0.3) is 22.6 Å². The number of fused-ring (bicyclic) bond motifs is 3. The number of rotatable bonds is 1. The summed E-state index contributed by atoms with van der Waals surface area (Å²) in [5.74, 6) is 1.10. The fraction of sp³-hybridized carbons (Fsp3) is 0.118. The van der Waals surface area contributed by atoms with Crippen molar-refractivity contribution in [2.45, 2.75) is 13.0 Å². The quantitative estimate of drug-likeness (QED) is 0.639. The molecule has 0 saturated carbocycles. The summed E-state index contributed by atoms with van der Waals surface area (Å²) in [5.41, 5.74) is 4.92. The first kappa shape index (κ1) is 10.6. The third kappa shape index (κ3) is 1.68. The third-order valence-corrected chi connectivity index (χ3v) is 3.73. The van der Waals surface area contributed by atoms with Crippen LogP contribution in [0, 0.1) is 0 Å². The lowest BCUT2D eigenvalue weighted by Gasteiger charge is -2.17. The molecule has 0 aliphatic carbocycles. The van der Waals surface area contributed by atoms with E-state index >= 15 is 0 Å². The van der Waals surface area contributed by atoms with E-state index in [9.17, 15) is 0 Å². The van der Waals surface area contributed by atoms with Gasteiger partial charge >= 0.3 is 0 Å². The summed E-state index contributed by atoms with van der Waals surface area (Å²) in [6.07, 6.45) is 3.26. The van der Waals surface area contributed by atoms with E-state index in [4.69, 9.17) is 4.98 Å². The van der Waals surface area contributed by atoms with Crippen LogP contribution in [0.5, 0.6) is 0 Å². The molecule has 0 amide bonds. The lowest BCUT2D eigenvalue weighted by atomic mass is 10.0. The van der Waals surface area contributed by atoms with E-state index in [0.29, 0.717) is 0 Å². The number of aryl methyl sites for hydroxylation is 2. The molecular weight excluding hydrogens is 232 g/mol. The van der Waals surface area contributed by atoms with Gasteiger partial charge in [-0.3, -0.25) is 0 Å². The van der Waals surface area contributed by atoms with Gasteiger partial charge in [0.05, 0.1) is 5.69 Å². The van der Waals surface area contributed by atoms with Crippen LogP contribution in [-0.4, -0.2) is 9.55 Å². The van der Waals surface area contributed by atoms with Crippen molar-refractivity contribution in [2.75, 3.05) is 0 Å². The molecule has 0 saturated heterocycles. The maximum atomic E-state index is 4.83. The predicted octanol–water partition coefficient (Wildman–Crippen LogP) is 3.77. The van der Waals surface area contributed by atoms with Gasteiger partial charge in [-0.25, -0.2) is 4.98 Å². The molecule has 0 unspecified atom stereocenters. The standard InChI is InChI=1S/C17H14N2/c1-2-7-14(8-3-1)16-12-19-11-10-13-6-4-5-9-15(13)17(19)18-16/h1-9,12H,10-11H2. The molecule has 0 spiro atoms. The van der Waals surface area contributed by atoms with Crippen molar-refractivity contribution in [3.8, 4) is 22.6 Å². The van der Waals surface area contributed by atoms with E-state index in [1.807, 2.05) is 6.07 Å². The van der Waals surface area contributed by atoms with E-state index in [0.717, 1.165) is 24.5 Å². The average Bonchev–Trinajstić information content (AvgIpc) is 2.93. The smallest absolute Gasteiger partial charge is 0.140 e. The maximum absolute atomic E-state index is 4.83. The van der Waals surface area contributed by atoms with E-state index in [1.54, 1.807) is 0 Å². The molecule has 1 aliphatic rings. The summed E-state index contributed by atoms with van der Waals surface area (Å²) in [7, 11) is 0. The van der Waals surface area contributed by atoms with Crippen LogP contribution in [-0.2, 0) is 13.0 Å². The fourth-order valence-corrected chi connectivity index (χ4v) is 2.75. The SMILES string of the molecule is c1ccc(-c2cn3c(n2)-c2ccccc2CC3)cc1. The summed E-state index contributed by atoms with van der Waals surface area (Å²) in [5, 5.41) is 0. The van der Waals surface area contributed by atoms with Gasteiger partial charge < -0.3 is 4.57 Å². The van der Waals surface area contributed by atoms with Crippen LogP contribution in [0.2, 0.25) is 0 Å². The van der Waals surface area contributed by atoms with Gasteiger partial charge in [-0.1, -0.05) is 54.6 Å². The van der Waals surface area contributed by atoms with E-state index < -0.39 is 0 Å². The first-order chi connectivity index (χ1) is 9.42. The number of imidazole rings is 1. The topological polar surface area (TPSA) is 17.8 Å². The van der Waals surface area contributed by atoms with Gasteiger partial charge in [0.1, 0.15) is 5.82 Å². The molecule has 4 rings (SSSR count). The highest BCUT2D eigenvalue weighted by Gasteiger charge is 2.18. The summed E-state index contributed by atoms with van der Waals surface area (Å²) < 4.78 is 2.27. The number of benzene rings is 2. The molecule has 0 radical (unpaired) electrons. The van der Waals surface area contributed by atoms with Crippen molar-refractivity contribution >= 4 is 0 Å². The zero-order valence-corrected chi connectivity index (χ0v) is 10.6. The molecule has 2 heterocycles. The average molecular weight is 246 g/mol. The molecule has 2 nitrogen and oxygen atoms in total. The summed E-state index contributed by atoms with van der Waals surface area (Å²) in [6.45, 7) is 1.02. The Morgan fingerprint density at radius 3 is 2.58 bits per heavy atom. The largest absolute Gasteiger partial charge is 0.330 e. The minimum atomic E-state index is 1.02. The zero-order chi connectivity index (χ0) is 12.7. The Morgan fingerprint density at radius 1 is 0.895 bits per heavy atom. The van der Waals surface area contributed by atoms with Gasteiger partial charge in [-0.05, 0) is 12.0 Å². The van der Waals surface area contributed by atoms with E-state index in [-0.39, 0.29) is 0 Å². The van der Waals surface area contributed by atoms with Crippen LogP contribution in [0.4, 0.5) is 0 Å². The van der Waals surface area contributed by atoms with Gasteiger partial charge in [-0.2, -0.15) is 0 Å². The lowest BCUT2D eigenvalue weighted by Crippen LogP contribution is -2.09. The molecule has 3 aromatic rings. The molecule has 19 heavy (non-hydrogen) atoms. The molecule has 2 aromatic carbocycles. The summed E-state index contributed by atoms with van der Waals surface area (Å²) in [6, 6.07) is 18.9. The van der Waals surface area contributed by atoms with Gasteiger partial charge in [0.25, 0.3) is 0 Å². The highest BCUT2D eigenvalue weighted by molar-refractivity contribution is 5.68. The Balaban J connectivity index is 1.88. The first-order valence-electron chi connectivity index (χ1n) is 6.63. The molecular formula is C17H14N2. The second kappa shape index (κ2) is 4.09. The predicted molar refractivity (Wildman–Crippen MR) is 76.8 cm³/mol. The second-order valence-electron chi connectivity index (χ2n) is 4.92.